The Morgan fingerprint density at radius 3 is 3.00 bits per heavy atom. The Morgan fingerprint density at radius 2 is 2.40 bits per heavy atom. The van der Waals surface area contributed by atoms with Crippen LogP contribution in [0, 0.1) is 11.8 Å². The van der Waals surface area contributed by atoms with Crippen LogP contribution in [0.5, 0.6) is 0 Å². The lowest BCUT2D eigenvalue weighted by Gasteiger charge is -2.10. The summed E-state index contributed by atoms with van der Waals surface area (Å²) in [4.78, 5) is 15.6. The van der Waals surface area contributed by atoms with Gasteiger partial charge in [-0.3, -0.25) is 4.79 Å². The van der Waals surface area contributed by atoms with Crippen LogP contribution in [0.3, 0.4) is 0 Å². The lowest BCUT2D eigenvalue weighted by molar-refractivity contribution is -0.119. The third-order valence-corrected chi connectivity index (χ3v) is 2.94. The van der Waals surface area contributed by atoms with E-state index in [4.69, 9.17) is 11.6 Å². The van der Waals surface area contributed by atoms with Crippen molar-refractivity contribution >= 4 is 23.2 Å². The Kier molecular flexibility index (Phi) is 2.91. The number of rotatable bonds is 3. The highest BCUT2D eigenvalue weighted by molar-refractivity contribution is 6.29. The molecular formula is C11H13ClN2O. The summed E-state index contributed by atoms with van der Waals surface area (Å²) >= 11 is 5.72. The lowest BCUT2D eigenvalue weighted by atomic mass is 10.1. The van der Waals surface area contributed by atoms with E-state index >= 15 is 0 Å². The number of halogens is 1. The second kappa shape index (κ2) is 4.19. The molecule has 0 saturated heterocycles. The summed E-state index contributed by atoms with van der Waals surface area (Å²) in [5, 5.41) is 3.24. The van der Waals surface area contributed by atoms with Crippen molar-refractivity contribution in [3.8, 4) is 0 Å². The SMILES string of the molecule is CC(C(=O)Nc1ccnc(Cl)c1)C1CC1. The van der Waals surface area contributed by atoms with Gasteiger partial charge in [0.1, 0.15) is 5.15 Å². The Morgan fingerprint density at radius 1 is 1.67 bits per heavy atom. The van der Waals surface area contributed by atoms with Gasteiger partial charge in [0.05, 0.1) is 0 Å². The molecule has 1 atom stereocenters. The first-order valence-corrected chi connectivity index (χ1v) is 5.47. The van der Waals surface area contributed by atoms with E-state index < -0.39 is 0 Å². The minimum Gasteiger partial charge on any atom is -0.326 e. The van der Waals surface area contributed by atoms with Gasteiger partial charge < -0.3 is 5.32 Å². The standard InChI is InChI=1S/C11H13ClN2O/c1-7(8-2-3-8)11(15)14-9-4-5-13-10(12)6-9/h4-8H,2-3H2,1H3,(H,13,14,15). The summed E-state index contributed by atoms with van der Waals surface area (Å²) in [6.45, 7) is 1.97. The molecule has 0 bridgehead atoms. The minimum atomic E-state index is 0.0692. The molecule has 1 N–H and O–H groups in total. The van der Waals surface area contributed by atoms with Gasteiger partial charge in [0.15, 0.2) is 0 Å². The van der Waals surface area contributed by atoms with Crippen molar-refractivity contribution in [1.82, 2.24) is 4.98 Å². The molecule has 3 nitrogen and oxygen atoms in total. The van der Waals surface area contributed by atoms with Gasteiger partial charge in [0.25, 0.3) is 0 Å². The van der Waals surface area contributed by atoms with E-state index in [1.807, 2.05) is 6.92 Å². The van der Waals surface area contributed by atoms with Crippen molar-refractivity contribution in [2.24, 2.45) is 11.8 Å². The maximum Gasteiger partial charge on any atom is 0.227 e. The van der Waals surface area contributed by atoms with Crippen LogP contribution in [0.2, 0.25) is 5.15 Å². The highest BCUT2D eigenvalue weighted by atomic mass is 35.5. The zero-order chi connectivity index (χ0) is 10.8. The Hall–Kier alpha value is -1.09. The third-order valence-electron chi connectivity index (χ3n) is 2.74. The summed E-state index contributed by atoms with van der Waals surface area (Å²) in [5.74, 6) is 0.735. The number of carbonyl (C=O) groups excluding carboxylic acids is 1. The number of nitrogens with zero attached hydrogens (tertiary/aromatic N) is 1. The molecule has 4 heteroatoms. The van der Waals surface area contributed by atoms with E-state index in [2.05, 4.69) is 10.3 Å². The van der Waals surface area contributed by atoms with Crippen molar-refractivity contribution < 1.29 is 4.79 Å². The maximum absolute atomic E-state index is 11.7. The molecule has 0 aliphatic heterocycles. The molecule has 0 aromatic carbocycles. The number of carbonyl (C=O) groups is 1. The molecule has 1 amide bonds. The average Bonchev–Trinajstić information content (AvgIpc) is 2.99. The van der Waals surface area contributed by atoms with Crippen molar-refractivity contribution in [2.75, 3.05) is 5.32 Å². The fourth-order valence-corrected chi connectivity index (χ4v) is 1.72. The van der Waals surface area contributed by atoms with Crippen LogP contribution in [0.15, 0.2) is 18.3 Å². The molecule has 15 heavy (non-hydrogen) atoms. The predicted molar refractivity (Wildman–Crippen MR) is 59.8 cm³/mol. The molecule has 1 aliphatic rings. The van der Waals surface area contributed by atoms with Crippen LogP contribution in [0.25, 0.3) is 0 Å². The molecule has 1 fully saturated rings. The van der Waals surface area contributed by atoms with Crippen molar-refractivity contribution in [1.29, 1.82) is 0 Å². The highest BCUT2D eigenvalue weighted by Gasteiger charge is 2.32. The normalized spacial score (nSPS) is 17.2. The van der Waals surface area contributed by atoms with Crippen LogP contribution in [-0.2, 0) is 4.79 Å². The summed E-state index contributed by atoms with van der Waals surface area (Å²) in [5.41, 5.74) is 0.715. The molecule has 80 valence electrons. The lowest BCUT2D eigenvalue weighted by Crippen LogP contribution is -2.21. The van der Waals surface area contributed by atoms with E-state index in [0.717, 1.165) is 0 Å². The Bertz CT molecular complexity index is 377. The monoisotopic (exact) mass is 224 g/mol. The van der Waals surface area contributed by atoms with Crippen molar-refractivity contribution in [3.05, 3.63) is 23.5 Å². The third kappa shape index (κ3) is 2.69. The first-order valence-electron chi connectivity index (χ1n) is 5.09. The largest absolute Gasteiger partial charge is 0.326 e. The molecule has 1 aliphatic carbocycles. The number of anilines is 1. The number of amides is 1. The van der Waals surface area contributed by atoms with Crippen LogP contribution in [-0.4, -0.2) is 10.9 Å². The average molecular weight is 225 g/mol. The zero-order valence-electron chi connectivity index (χ0n) is 8.53. The number of hydrogen-bond acceptors (Lipinski definition) is 2. The number of nitrogens with one attached hydrogen (secondary N) is 1. The van der Waals surface area contributed by atoms with Crippen LogP contribution in [0.4, 0.5) is 5.69 Å². The van der Waals surface area contributed by atoms with E-state index in [1.165, 1.54) is 12.8 Å². The highest BCUT2D eigenvalue weighted by Crippen LogP contribution is 2.37. The van der Waals surface area contributed by atoms with E-state index in [0.29, 0.717) is 16.8 Å². The molecule has 0 radical (unpaired) electrons. The maximum atomic E-state index is 11.7. The first kappa shape index (κ1) is 10.4. The fraction of sp³-hybridized carbons (Fsp3) is 0.455. The van der Waals surface area contributed by atoms with Gasteiger partial charge in [0, 0.05) is 17.8 Å². The molecule has 1 unspecified atom stereocenters. The van der Waals surface area contributed by atoms with Gasteiger partial charge in [-0.15, -0.1) is 0 Å². The van der Waals surface area contributed by atoms with E-state index in [9.17, 15) is 4.79 Å². The Balaban J connectivity index is 1.98. The van der Waals surface area contributed by atoms with E-state index in [1.54, 1.807) is 18.3 Å². The fourth-order valence-electron chi connectivity index (χ4n) is 1.55. The van der Waals surface area contributed by atoms with Crippen molar-refractivity contribution in [2.45, 2.75) is 19.8 Å². The van der Waals surface area contributed by atoms with Crippen LogP contribution in [0.1, 0.15) is 19.8 Å². The quantitative estimate of drug-likeness (QED) is 0.803. The van der Waals surface area contributed by atoms with Gasteiger partial charge in [-0.2, -0.15) is 0 Å². The molecule has 1 heterocycles. The van der Waals surface area contributed by atoms with Crippen LogP contribution < -0.4 is 5.32 Å². The summed E-state index contributed by atoms with van der Waals surface area (Å²) in [6, 6.07) is 3.39. The molecule has 1 aromatic heterocycles. The minimum absolute atomic E-state index is 0.0692. The first-order chi connectivity index (χ1) is 7.16. The smallest absolute Gasteiger partial charge is 0.227 e. The summed E-state index contributed by atoms with van der Waals surface area (Å²) < 4.78 is 0. The van der Waals surface area contributed by atoms with Gasteiger partial charge in [-0.1, -0.05) is 18.5 Å². The second-order valence-electron chi connectivity index (χ2n) is 3.98. The number of aromatic nitrogens is 1. The molecule has 1 aromatic rings. The second-order valence-corrected chi connectivity index (χ2v) is 4.37. The molecular weight excluding hydrogens is 212 g/mol. The van der Waals surface area contributed by atoms with Crippen molar-refractivity contribution in [3.63, 3.8) is 0 Å². The zero-order valence-corrected chi connectivity index (χ0v) is 9.29. The summed E-state index contributed by atoms with van der Waals surface area (Å²) in [7, 11) is 0. The molecule has 0 spiro atoms. The van der Waals surface area contributed by atoms with Gasteiger partial charge in [-0.05, 0) is 30.9 Å². The van der Waals surface area contributed by atoms with Gasteiger partial charge >= 0.3 is 0 Å². The number of hydrogen-bond donors (Lipinski definition) is 1. The predicted octanol–water partition coefficient (Wildman–Crippen LogP) is 2.72. The Labute approximate surface area is 93.8 Å². The molecule has 1 saturated carbocycles. The summed E-state index contributed by atoms with van der Waals surface area (Å²) in [6.07, 6.45) is 3.93. The van der Waals surface area contributed by atoms with E-state index in [-0.39, 0.29) is 11.8 Å². The van der Waals surface area contributed by atoms with Gasteiger partial charge in [0.2, 0.25) is 5.91 Å². The van der Waals surface area contributed by atoms with Crippen LogP contribution >= 0.6 is 11.6 Å². The molecule has 2 rings (SSSR count). The number of pyridine rings is 1. The topological polar surface area (TPSA) is 42.0 Å². The van der Waals surface area contributed by atoms with Gasteiger partial charge in [-0.25, -0.2) is 4.98 Å².